The molecule has 6 nitrogen and oxygen atoms in total. The van der Waals surface area contributed by atoms with Crippen molar-refractivity contribution in [1.29, 1.82) is 0 Å². The van der Waals surface area contributed by atoms with Gasteiger partial charge in [-0.05, 0) is 13.3 Å². The largest absolute Gasteiger partial charge is 0.378 e. The molecular formula is C16H24N4O2S. The van der Waals surface area contributed by atoms with Crippen LogP contribution in [0, 0.1) is 5.92 Å². The minimum atomic E-state index is 0.155. The lowest BCUT2D eigenvalue weighted by atomic mass is 9.97. The summed E-state index contributed by atoms with van der Waals surface area (Å²) in [6.07, 6.45) is 5.27. The van der Waals surface area contributed by atoms with E-state index in [-0.39, 0.29) is 6.10 Å². The minimum Gasteiger partial charge on any atom is -0.378 e. The average Bonchev–Trinajstić information content (AvgIpc) is 3.27. The van der Waals surface area contributed by atoms with Gasteiger partial charge in [0.05, 0.1) is 24.6 Å². The molecule has 7 heteroatoms. The standard InChI is InChI=1S/C16H24N4O2S/c1-3-20-9-13(7-18-20)16-12(4-5-22-16)6-17-8-14-11-23-15(19-14)10-21-2/h7,9,11-12,16-17H,3-6,8,10H2,1-2H3. The molecule has 2 atom stereocenters. The van der Waals surface area contributed by atoms with Gasteiger partial charge < -0.3 is 14.8 Å². The van der Waals surface area contributed by atoms with Crippen LogP contribution in [0.25, 0.3) is 0 Å². The molecule has 0 aromatic carbocycles. The molecule has 0 radical (unpaired) electrons. The third kappa shape index (κ3) is 4.17. The molecular weight excluding hydrogens is 312 g/mol. The fourth-order valence-electron chi connectivity index (χ4n) is 2.92. The highest BCUT2D eigenvalue weighted by molar-refractivity contribution is 7.09. The molecule has 1 fully saturated rings. The number of aromatic nitrogens is 3. The number of hydrogen-bond donors (Lipinski definition) is 1. The summed E-state index contributed by atoms with van der Waals surface area (Å²) in [5.74, 6) is 0.488. The number of thiazole rings is 1. The zero-order valence-corrected chi connectivity index (χ0v) is 14.5. The summed E-state index contributed by atoms with van der Waals surface area (Å²) in [5, 5.41) is 11.0. The first-order valence-electron chi connectivity index (χ1n) is 8.07. The predicted octanol–water partition coefficient (Wildman–Crippen LogP) is 2.37. The summed E-state index contributed by atoms with van der Waals surface area (Å²) in [7, 11) is 1.69. The van der Waals surface area contributed by atoms with Crippen LogP contribution in [-0.2, 0) is 29.2 Å². The molecule has 2 unspecified atom stereocenters. The Morgan fingerprint density at radius 2 is 2.43 bits per heavy atom. The molecule has 0 bridgehead atoms. The van der Waals surface area contributed by atoms with Crippen molar-refractivity contribution in [2.24, 2.45) is 5.92 Å². The summed E-state index contributed by atoms with van der Waals surface area (Å²) < 4.78 is 13.0. The maximum atomic E-state index is 5.92. The number of methoxy groups -OCH3 is 1. The zero-order valence-electron chi connectivity index (χ0n) is 13.7. The van der Waals surface area contributed by atoms with Crippen molar-refractivity contribution in [3.63, 3.8) is 0 Å². The lowest BCUT2D eigenvalue weighted by Gasteiger charge is -2.17. The molecule has 1 saturated heterocycles. The van der Waals surface area contributed by atoms with Crippen molar-refractivity contribution < 1.29 is 9.47 Å². The highest BCUT2D eigenvalue weighted by Crippen LogP contribution is 2.33. The molecule has 1 aliphatic rings. The summed E-state index contributed by atoms with van der Waals surface area (Å²) in [6, 6.07) is 0. The smallest absolute Gasteiger partial charge is 0.119 e. The first kappa shape index (κ1) is 16.6. The van der Waals surface area contributed by atoms with Crippen molar-refractivity contribution in [3.8, 4) is 0 Å². The lowest BCUT2D eigenvalue weighted by Crippen LogP contribution is -2.24. The highest BCUT2D eigenvalue weighted by Gasteiger charge is 2.30. The first-order chi connectivity index (χ1) is 11.3. The molecule has 1 aliphatic heterocycles. The van der Waals surface area contributed by atoms with Crippen molar-refractivity contribution >= 4 is 11.3 Å². The van der Waals surface area contributed by atoms with Crippen LogP contribution in [0.5, 0.6) is 0 Å². The number of hydrogen-bond acceptors (Lipinski definition) is 6. The Bertz CT molecular complexity index is 613. The van der Waals surface area contributed by atoms with Gasteiger partial charge in [-0.3, -0.25) is 4.68 Å². The van der Waals surface area contributed by atoms with Gasteiger partial charge in [0.15, 0.2) is 0 Å². The van der Waals surface area contributed by atoms with Crippen molar-refractivity contribution in [1.82, 2.24) is 20.1 Å². The third-order valence-corrected chi connectivity index (χ3v) is 4.97. The van der Waals surface area contributed by atoms with Crippen molar-refractivity contribution in [2.75, 3.05) is 20.3 Å². The van der Waals surface area contributed by atoms with E-state index in [2.05, 4.69) is 33.9 Å². The molecule has 0 amide bonds. The van der Waals surface area contributed by atoms with E-state index in [1.807, 2.05) is 10.9 Å². The van der Waals surface area contributed by atoms with E-state index in [1.54, 1.807) is 18.4 Å². The van der Waals surface area contributed by atoms with E-state index in [0.717, 1.165) is 43.4 Å². The van der Waals surface area contributed by atoms with E-state index in [1.165, 1.54) is 5.56 Å². The monoisotopic (exact) mass is 336 g/mol. The van der Waals surface area contributed by atoms with Crippen molar-refractivity contribution in [3.05, 3.63) is 34.0 Å². The summed E-state index contributed by atoms with van der Waals surface area (Å²) in [6.45, 7) is 6.12. The van der Waals surface area contributed by atoms with Crippen LogP contribution >= 0.6 is 11.3 Å². The molecule has 126 valence electrons. The maximum absolute atomic E-state index is 5.92. The summed E-state index contributed by atoms with van der Waals surface area (Å²) in [5.41, 5.74) is 2.27. The van der Waals surface area contributed by atoms with Crippen LogP contribution in [-0.4, -0.2) is 35.0 Å². The molecule has 0 spiro atoms. The Balaban J connectivity index is 1.50. The fraction of sp³-hybridized carbons (Fsp3) is 0.625. The van der Waals surface area contributed by atoms with E-state index in [4.69, 9.17) is 9.47 Å². The average molecular weight is 336 g/mol. The molecule has 2 aromatic rings. The molecule has 2 aromatic heterocycles. The Kier molecular flexibility index (Phi) is 5.77. The topological polar surface area (TPSA) is 61.2 Å². The van der Waals surface area contributed by atoms with Gasteiger partial charge in [0.25, 0.3) is 0 Å². The third-order valence-electron chi connectivity index (χ3n) is 4.10. The van der Waals surface area contributed by atoms with Crippen molar-refractivity contribution in [2.45, 2.75) is 39.1 Å². The lowest BCUT2D eigenvalue weighted by molar-refractivity contribution is 0.0903. The fourth-order valence-corrected chi connectivity index (χ4v) is 3.68. The van der Waals surface area contributed by atoms with Gasteiger partial charge in [-0.15, -0.1) is 11.3 Å². The van der Waals surface area contributed by atoms with Gasteiger partial charge in [0.1, 0.15) is 5.01 Å². The van der Waals surface area contributed by atoms with Gasteiger partial charge >= 0.3 is 0 Å². The Hall–Kier alpha value is -1.28. The van der Waals surface area contributed by atoms with E-state index < -0.39 is 0 Å². The molecule has 23 heavy (non-hydrogen) atoms. The highest BCUT2D eigenvalue weighted by atomic mass is 32.1. The van der Waals surface area contributed by atoms with Crippen LogP contribution in [0.2, 0.25) is 0 Å². The van der Waals surface area contributed by atoms with Gasteiger partial charge in [0.2, 0.25) is 0 Å². The predicted molar refractivity (Wildman–Crippen MR) is 89.2 cm³/mol. The molecule has 3 rings (SSSR count). The summed E-state index contributed by atoms with van der Waals surface area (Å²) in [4.78, 5) is 4.54. The minimum absolute atomic E-state index is 0.155. The maximum Gasteiger partial charge on any atom is 0.119 e. The summed E-state index contributed by atoms with van der Waals surface area (Å²) >= 11 is 1.65. The molecule has 0 aliphatic carbocycles. The van der Waals surface area contributed by atoms with Gasteiger partial charge in [-0.1, -0.05) is 0 Å². The second kappa shape index (κ2) is 8.01. The quantitative estimate of drug-likeness (QED) is 0.802. The second-order valence-corrected chi connectivity index (χ2v) is 6.71. The van der Waals surface area contributed by atoms with Gasteiger partial charge in [-0.2, -0.15) is 5.10 Å². The number of nitrogens with one attached hydrogen (secondary N) is 1. The van der Waals surface area contributed by atoms with Crippen LogP contribution in [0.4, 0.5) is 0 Å². The van der Waals surface area contributed by atoms with Crippen LogP contribution < -0.4 is 5.32 Å². The SMILES string of the molecule is CCn1cc(C2OCCC2CNCc2csc(COC)n2)cn1. The zero-order chi connectivity index (χ0) is 16.1. The number of aryl methyl sites for hydroxylation is 1. The van der Waals surface area contributed by atoms with E-state index in [0.29, 0.717) is 12.5 Å². The number of ether oxygens (including phenoxy) is 2. The van der Waals surface area contributed by atoms with E-state index >= 15 is 0 Å². The number of rotatable bonds is 8. The first-order valence-corrected chi connectivity index (χ1v) is 8.95. The van der Waals surface area contributed by atoms with Crippen LogP contribution in [0.15, 0.2) is 17.8 Å². The van der Waals surface area contributed by atoms with Crippen LogP contribution in [0.3, 0.4) is 0 Å². The molecule has 0 saturated carbocycles. The van der Waals surface area contributed by atoms with Gasteiger partial charge in [0, 0.05) is 56.4 Å². The van der Waals surface area contributed by atoms with E-state index in [9.17, 15) is 0 Å². The molecule has 1 N–H and O–H groups in total. The number of nitrogens with zero attached hydrogens (tertiary/aromatic N) is 3. The Morgan fingerprint density at radius 3 is 3.22 bits per heavy atom. The molecule has 3 heterocycles. The Labute approximate surface area is 140 Å². The Morgan fingerprint density at radius 1 is 1.52 bits per heavy atom. The normalized spacial score (nSPS) is 21.1. The van der Waals surface area contributed by atoms with Crippen LogP contribution in [0.1, 0.15) is 35.7 Å². The van der Waals surface area contributed by atoms with Gasteiger partial charge in [-0.25, -0.2) is 4.98 Å². The second-order valence-electron chi connectivity index (χ2n) is 5.77.